The molecule has 0 fully saturated rings. The third kappa shape index (κ3) is 4.13. The maximum absolute atomic E-state index is 12.5. The number of nitrogens with zero attached hydrogens (tertiary/aromatic N) is 1. The molecular formula is C21H22N2O. The van der Waals surface area contributed by atoms with Gasteiger partial charge in [-0.2, -0.15) is 0 Å². The number of carbonyl (C=O) groups is 1. The molecule has 0 aliphatic heterocycles. The van der Waals surface area contributed by atoms with Gasteiger partial charge in [-0.25, -0.2) is 0 Å². The van der Waals surface area contributed by atoms with Crippen LogP contribution in [0.5, 0.6) is 0 Å². The molecule has 0 radical (unpaired) electrons. The highest BCUT2D eigenvalue weighted by Crippen LogP contribution is 2.23. The smallest absolute Gasteiger partial charge is 0.222 e. The van der Waals surface area contributed by atoms with Gasteiger partial charge >= 0.3 is 0 Å². The van der Waals surface area contributed by atoms with Gasteiger partial charge in [0.05, 0.1) is 12.5 Å². The lowest BCUT2D eigenvalue weighted by molar-refractivity contribution is -0.121. The van der Waals surface area contributed by atoms with Crippen molar-refractivity contribution < 1.29 is 4.79 Å². The second-order valence-corrected chi connectivity index (χ2v) is 6.03. The standard InChI is InChI=1S/C21H22N2O/c1-17-8-7-11-19(14-17)20(23-12-5-6-13-23)15-21(24)22-16-18-9-3-2-4-10-18/h2-14,20H,15-16H2,1H3,(H,22,24)/t20-/m1/s1. The first kappa shape index (κ1) is 16.1. The van der Waals surface area contributed by atoms with Crippen LogP contribution >= 0.6 is 0 Å². The Kier molecular flexibility index (Phi) is 5.12. The zero-order valence-electron chi connectivity index (χ0n) is 13.9. The molecule has 1 atom stereocenters. The van der Waals surface area contributed by atoms with E-state index >= 15 is 0 Å². The van der Waals surface area contributed by atoms with Crippen molar-refractivity contribution >= 4 is 5.91 Å². The van der Waals surface area contributed by atoms with Gasteiger partial charge in [-0.3, -0.25) is 4.79 Å². The lowest BCUT2D eigenvalue weighted by Gasteiger charge is -2.20. The molecule has 0 aliphatic carbocycles. The number of aromatic nitrogens is 1. The molecule has 2 aromatic carbocycles. The van der Waals surface area contributed by atoms with E-state index in [1.54, 1.807) is 0 Å². The van der Waals surface area contributed by atoms with Crippen LogP contribution in [0.15, 0.2) is 79.1 Å². The van der Waals surface area contributed by atoms with Crippen molar-refractivity contribution in [3.63, 3.8) is 0 Å². The molecule has 1 N–H and O–H groups in total. The highest BCUT2D eigenvalue weighted by molar-refractivity contribution is 5.76. The number of aryl methyl sites for hydroxylation is 1. The summed E-state index contributed by atoms with van der Waals surface area (Å²) < 4.78 is 2.09. The van der Waals surface area contributed by atoms with E-state index in [0.29, 0.717) is 13.0 Å². The largest absolute Gasteiger partial charge is 0.352 e. The molecule has 3 rings (SSSR count). The molecule has 0 saturated carbocycles. The van der Waals surface area contributed by atoms with Crippen LogP contribution in [0, 0.1) is 6.92 Å². The Hall–Kier alpha value is -2.81. The quantitative estimate of drug-likeness (QED) is 0.729. The fourth-order valence-electron chi connectivity index (χ4n) is 2.87. The normalized spacial score (nSPS) is 11.9. The minimum Gasteiger partial charge on any atom is -0.352 e. The zero-order chi connectivity index (χ0) is 16.8. The molecule has 3 nitrogen and oxygen atoms in total. The summed E-state index contributed by atoms with van der Waals surface area (Å²) in [5.74, 6) is 0.0547. The van der Waals surface area contributed by atoms with Gasteiger partial charge in [0.25, 0.3) is 0 Å². The minimum atomic E-state index is 0.00988. The number of hydrogen-bond donors (Lipinski definition) is 1. The summed E-state index contributed by atoms with van der Waals surface area (Å²) in [5, 5.41) is 3.02. The molecule has 1 heterocycles. The summed E-state index contributed by atoms with van der Waals surface area (Å²) in [5.41, 5.74) is 3.47. The van der Waals surface area contributed by atoms with Gasteiger partial charge in [0.1, 0.15) is 0 Å². The Morgan fingerprint density at radius 1 is 1.00 bits per heavy atom. The number of amides is 1. The monoisotopic (exact) mass is 318 g/mol. The lowest BCUT2D eigenvalue weighted by atomic mass is 10.0. The van der Waals surface area contributed by atoms with E-state index in [0.717, 1.165) is 11.1 Å². The Morgan fingerprint density at radius 3 is 2.46 bits per heavy atom. The average molecular weight is 318 g/mol. The predicted octanol–water partition coefficient (Wildman–Crippen LogP) is 4.09. The maximum Gasteiger partial charge on any atom is 0.222 e. The van der Waals surface area contributed by atoms with Gasteiger partial charge in [0, 0.05) is 18.9 Å². The molecule has 0 spiro atoms. The van der Waals surface area contributed by atoms with Gasteiger partial charge in [0.2, 0.25) is 5.91 Å². The first-order chi connectivity index (χ1) is 11.7. The highest BCUT2D eigenvalue weighted by Gasteiger charge is 2.17. The molecule has 3 aromatic rings. The number of rotatable bonds is 6. The van der Waals surface area contributed by atoms with Gasteiger partial charge in [-0.1, -0.05) is 60.2 Å². The van der Waals surface area contributed by atoms with E-state index in [1.807, 2.05) is 60.9 Å². The SMILES string of the molecule is Cc1cccc([C@@H](CC(=O)NCc2ccccc2)n2cccc2)c1. The summed E-state index contributed by atoms with van der Waals surface area (Å²) in [4.78, 5) is 12.5. The first-order valence-electron chi connectivity index (χ1n) is 8.22. The first-order valence-corrected chi connectivity index (χ1v) is 8.22. The third-order valence-electron chi connectivity index (χ3n) is 4.13. The topological polar surface area (TPSA) is 34.0 Å². The van der Waals surface area contributed by atoms with Gasteiger partial charge < -0.3 is 9.88 Å². The summed E-state index contributed by atoms with van der Waals surface area (Å²) in [7, 11) is 0. The second kappa shape index (κ2) is 7.64. The Morgan fingerprint density at radius 2 is 1.75 bits per heavy atom. The van der Waals surface area contributed by atoms with Crippen molar-refractivity contribution in [2.75, 3.05) is 0 Å². The molecule has 1 aromatic heterocycles. The van der Waals surface area contributed by atoms with Crippen LogP contribution in [0.2, 0.25) is 0 Å². The third-order valence-corrected chi connectivity index (χ3v) is 4.13. The van der Waals surface area contributed by atoms with Crippen LogP contribution < -0.4 is 5.32 Å². The number of hydrogen-bond acceptors (Lipinski definition) is 1. The fraction of sp³-hybridized carbons (Fsp3) is 0.190. The molecule has 0 unspecified atom stereocenters. The van der Waals surface area contributed by atoms with Gasteiger partial charge in [0.15, 0.2) is 0 Å². The Labute approximate surface area is 143 Å². The van der Waals surface area contributed by atoms with Crippen molar-refractivity contribution in [3.05, 3.63) is 95.8 Å². The van der Waals surface area contributed by atoms with Gasteiger partial charge in [-0.15, -0.1) is 0 Å². The van der Waals surface area contributed by atoms with E-state index in [-0.39, 0.29) is 11.9 Å². The summed E-state index contributed by atoms with van der Waals surface area (Å²) >= 11 is 0. The molecular weight excluding hydrogens is 296 g/mol. The Bertz CT molecular complexity index is 779. The fourth-order valence-corrected chi connectivity index (χ4v) is 2.87. The molecule has 3 heteroatoms. The van der Waals surface area contributed by atoms with E-state index in [9.17, 15) is 4.79 Å². The van der Waals surface area contributed by atoms with Gasteiger partial charge in [-0.05, 0) is 30.2 Å². The molecule has 24 heavy (non-hydrogen) atoms. The van der Waals surface area contributed by atoms with Crippen molar-refractivity contribution in [1.29, 1.82) is 0 Å². The van der Waals surface area contributed by atoms with Crippen LogP contribution in [0.1, 0.15) is 29.2 Å². The van der Waals surface area contributed by atoms with E-state index in [2.05, 4.69) is 35.0 Å². The van der Waals surface area contributed by atoms with Crippen LogP contribution in [0.25, 0.3) is 0 Å². The molecule has 1 amide bonds. The van der Waals surface area contributed by atoms with E-state index in [1.165, 1.54) is 5.56 Å². The zero-order valence-corrected chi connectivity index (χ0v) is 13.9. The maximum atomic E-state index is 12.5. The minimum absolute atomic E-state index is 0.00988. The molecule has 0 bridgehead atoms. The van der Waals surface area contributed by atoms with Crippen LogP contribution in [-0.4, -0.2) is 10.5 Å². The van der Waals surface area contributed by atoms with Crippen LogP contribution in [0.4, 0.5) is 0 Å². The van der Waals surface area contributed by atoms with Crippen molar-refractivity contribution in [2.45, 2.75) is 25.9 Å². The Balaban J connectivity index is 1.71. The molecule has 122 valence electrons. The number of benzene rings is 2. The lowest BCUT2D eigenvalue weighted by Crippen LogP contribution is -2.26. The van der Waals surface area contributed by atoms with E-state index in [4.69, 9.17) is 0 Å². The highest BCUT2D eigenvalue weighted by atomic mass is 16.1. The summed E-state index contributed by atoms with van der Waals surface area (Å²) in [6.07, 6.45) is 4.44. The number of carbonyl (C=O) groups excluding carboxylic acids is 1. The van der Waals surface area contributed by atoms with Crippen molar-refractivity contribution in [1.82, 2.24) is 9.88 Å². The molecule has 0 aliphatic rings. The summed E-state index contributed by atoms with van der Waals surface area (Å²) in [6.45, 7) is 2.64. The number of nitrogens with one attached hydrogen (secondary N) is 1. The van der Waals surface area contributed by atoms with Crippen molar-refractivity contribution in [2.24, 2.45) is 0 Å². The summed E-state index contributed by atoms with van der Waals surface area (Å²) in [6, 6.07) is 22.3. The molecule has 0 saturated heterocycles. The van der Waals surface area contributed by atoms with E-state index < -0.39 is 0 Å². The van der Waals surface area contributed by atoms with Crippen LogP contribution in [-0.2, 0) is 11.3 Å². The second-order valence-electron chi connectivity index (χ2n) is 6.03. The predicted molar refractivity (Wildman–Crippen MR) is 96.7 cm³/mol. The van der Waals surface area contributed by atoms with Crippen LogP contribution in [0.3, 0.4) is 0 Å². The van der Waals surface area contributed by atoms with Crippen molar-refractivity contribution in [3.8, 4) is 0 Å². The average Bonchev–Trinajstić information content (AvgIpc) is 3.13.